The zero-order valence-electron chi connectivity index (χ0n) is 16.5. The van der Waals surface area contributed by atoms with E-state index in [-0.39, 0.29) is 18.0 Å². The molecule has 0 radical (unpaired) electrons. The summed E-state index contributed by atoms with van der Waals surface area (Å²) in [5.41, 5.74) is 1.77. The highest BCUT2D eigenvalue weighted by molar-refractivity contribution is 6.01. The van der Waals surface area contributed by atoms with Crippen LogP contribution in [0, 0.1) is 0 Å². The summed E-state index contributed by atoms with van der Waals surface area (Å²) in [6.07, 6.45) is 6.51. The summed E-state index contributed by atoms with van der Waals surface area (Å²) < 4.78 is 1.89. The van der Waals surface area contributed by atoms with E-state index in [9.17, 15) is 9.90 Å². The molecule has 3 aromatic rings. The molecule has 1 amide bonds. The third kappa shape index (κ3) is 2.97. The van der Waals surface area contributed by atoms with Crippen molar-refractivity contribution in [3.8, 4) is 11.1 Å². The molecule has 1 N–H and O–H groups in total. The minimum absolute atomic E-state index is 0.0341. The molecule has 5 heteroatoms. The lowest BCUT2D eigenvalue weighted by Crippen LogP contribution is -2.52. The molecule has 29 heavy (non-hydrogen) atoms. The van der Waals surface area contributed by atoms with Gasteiger partial charge in [0.2, 0.25) is 0 Å². The zero-order valence-corrected chi connectivity index (χ0v) is 16.5. The fourth-order valence-corrected chi connectivity index (χ4v) is 5.23. The van der Waals surface area contributed by atoms with Crippen molar-refractivity contribution < 1.29 is 9.90 Å². The first-order valence-electron chi connectivity index (χ1n) is 10.2. The van der Waals surface area contributed by atoms with Crippen LogP contribution in [-0.4, -0.2) is 37.5 Å². The van der Waals surface area contributed by atoms with Gasteiger partial charge in [-0.25, -0.2) is 4.98 Å². The highest BCUT2D eigenvalue weighted by atomic mass is 16.3. The molecule has 2 saturated heterocycles. The molecule has 3 heterocycles. The minimum Gasteiger partial charge on any atom is -0.382 e. The van der Waals surface area contributed by atoms with Crippen molar-refractivity contribution in [3.05, 3.63) is 78.4 Å². The van der Waals surface area contributed by atoms with Gasteiger partial charge in [0.1, 0.15) is 11.4 Å². The first kappa shape index (κ1) is 18.1. The molecule has 0 aliphatic carbocycles. The largest absolute Gasteiger partial charge is 0.382 e. The molecule has 148 valence electrons. The first-order chi connectivity index (χ1) is 14.1. The molecule has 2 fully saturated rings. The van der Waals surface area contributed by atoms with Gasteiger partial charge in [-0.05, 0) is 30.0 Å². The quantitative estimate of drug-likeness (QED) is 0.745. The van der Waals surface area contributed by atoms with Crippen LogP contribution >= 0.6 is 0 Å². The summed E-state index contributed by atoms with van der Waals surface area (Å²) in [5.74, 6) is 0.769. The van der Waals surface area contributed by atoms with Gasteiger partial charge in [-0.1, -0.05) is 48.5 Å². The van der Waals surface area contributed by atoms with Crippen LogP contribution in [-0.2, 0) is 12.6 Å². The lowest BCUT2D eigenvalue weighted by Gasteiger charge is -2.43. The molecule has 5 nitrogen and oxygen atoms in total. The van der Waals surface area contributed by atoms with Crippen molar-refractivity contribution in [2.75, 3.05) is 0 Å². The van der Waals surface area contributed by atoms with Crippen LogP contribution in [0.2, 0.25) is 0 Å². The maximum absolute atomic E-state index is 13.6. The van der Waals surface area contributed by atoms with Crippen molar-refractivity contribution >= 4 is 5.91 Å². The number of amides is 1. The van der Waals surface area contributed by atoms with Gasteiger partial charge >= 0.3 is 0 Å². The Morgan fingerprint density at radius 2 is 1.69 bits per heavy atom. The smallest absolute Gasteiger partial charge is 0.254 e. The maximum atomic E-state index is 13.6. The topological polar surface area (TPSA) is 58.4 Å². The molecule has 2 unspecified atom stereocenters. The number of aromatic nitrogens is 2. The lowest BCUT2D eigenvalue weighted by atomic mass is 9.84. The van der Waals surface area contributed by atoms with Gasteiger partial charge in [0.15, 0.2) is 0 Å². The lowest BCUT2D eigenvalue weighted by molar-refractivity contribution is -0.0554. The van der Waals surface area contributed by atoms with Gasteiger partial charge in [-0.15, -0.1) is 0 Å². The summed E-state index contributed by atoms with van der Waals surface area (Å²) in [7, 11) is 1.91. The second-order valence-corrected chi connectivity index (χ2v) is 8.31. The van der Waals surface area contributed by atoms with Gasteiger partial charge in [0.25, 0.3) is 5.91 Å². The van der Waals surface area contributed by atoms with Crippen LogP contribution in [0.1, 0.15) is 41.9 Å². The zero-order chi connectivity index (χ0) is 20.0. The number of rotatable bonds is 3. The highest BCUT2D eigenvalue weighted by Gasteiger charge is 2.51. The standard InChI is InChI=1S/C24H25N3O2/c1-26-14-13-25-23(26)24(29)15-18-11-12-19(16-24)27(18)22(28)21-10-6-5-9-20(21)17-7-3-2-4-8-17/h2-10,13-14,18-19,29H,11-12,15-16H2,1H3. The second-order valence-electron chi connectivity index (χ2n) is 8.31. The van der Waals surface area contributed by atoms with Gasteiger partial charge in [-0.3, -0.25) is 4.79 Å². The number of hydrogen-bond acceptors (Lipinski definition) is 3. The number of imidazole rings is 1. The molecular formula is C24H25N3O2. The fourth-order valence-electron chi connectivity index (χ4n) is 5.23. The Labute approximate surface area is 170 Å². The summed E-state index contributed by atoms with van der Waals surface area (Å²) in [6, 6.07) is 18.0. The molecule has 2 aromatic carbocycles. The molecule has 2 aliphatic heterocycles. The third-order valence-corrected chi connectivity index (χ3v) is 6.48. The van der Waals surface area contributed by atoms with E-state index < -0.39 is 5.60 Å². The van der Waals surface area contributed by atoms with Crippen molar-refractivity contribution in [3.63, 3.8) is 0 Å². The maximum Gasteiger partial charge on any atom is 0.254 e. The van der Waals surface area contributed by atoms with E-state index in [0.717, 1.165) is 29.5 Å². The Hall–Kier alpha value is -2.92. The van der Waals surface area contributed by atoms with Crippen LogP contribution < -0.4 is 0 Å². The Morgan fingerprint density at radius 1 is 1.03 bits per heavy atom. The van der Waals surface area contributed by atoms with E-state index >= 15 is 0 Å². The number of fused-ring (bicyclic) bond motifs is 2. The van der Waals surface area contributed by atoms with Crippen molar-refractivity contribution in [2.24, 2.45) is 7.05 Å². The molecule has 2 atom stereocenters. The van der Waals surface area contributed by atoms with Crippen LogP contribution in [0.25, 0.3) is 11.1 Å². The number of hydrogen-bond donors (Lipinski definition) is 1. The van der Waals surface area contributed by atoms with Gasteiger partial charge in [0.05, 0.1) is 0 Å². The van der Waals surface area contributed by atoms with E-state index in [1.807, 2.05) is 77.3 Å². The van der Waals surface area contributed by atoms with Crippen LogP contribution in [0.3, 0.4) is 0 Å². The fraction of sp³-hybridized carbons (Fsp3) is 0.333. The molecular weight excluding hydrogens is 362 g/mol. The van der Waals surface area contributed by atoms with E-state index in [2.05, 4.69) is 4.98 Å². The van der Waals surface area contributed by atoms with E-state index in [1.165, 1.54) is 0 Å². The van der Waals surface area contributed by atoms with Crippen LogP contribution in [0.5, 0.6) is 0 Å². The number of piperidine rings is 1. The Morgan fingerprint density at radius 3 is 2.34 bits per heavy atom. The summed E-state index contributed by atoms with van der Waals surface area (Å²) in [6.45, 7) is 0. The second kappa shape index (κ2) is 6.85. The van der Waals surface area contributed by atoms with Gasteiger partial charge in [0, 0.05) is 49.9 Å². The molecule has 2 aliphatic rings. The van der Waals surface area contributed by atoms with Gasteiger partial charge < -0.3 is 14.6 Å². The number of aryl methyl sites for hydroxylation is 1. The van der Waals surface area contributed by atoms with Crippen LogP contribution in [0.4, 0.5) is 0 Å². The number of aliphatic hydroxyl groups is 1. The Kier molecular flexibility index (Phi) is 4.28. The normalized spacial score (nSPS) is 25.9. The monoisotopic (exact) mass is 387 g/mol. The average molecular weight is 387 g/mol. The number of nitrogens with zero attached hydrogens (tertiary/aromatic N) is 3. The van der Waals surface area contributed by atoms with Crippen molar-refractivity contribution in [1.29, 1.82) is 0 Å². The minimum atomic E-state index is -0.972. The van der Waals surface area contributed by atoms with Crippen LogP contribution in [0.15, 0.2) is 67.0 Å². The number of carbonyl (C=O) groups is 1. The predicted molar refractivity (Wildman–Crippen MR) is 111 cm³/mol. The van der Waals surface area contributed by atoms with E-state index in [4.69, 9.17) is 0 Å². The molecule has 0 spiro atoms. The third-order valence-electron chi connectivity index (χ3n) is 6.48. The predicted octanol–water partition coefficient (Wildman–Crippen LogP) is 3.74. The first-order valence-corrected chi connectivity index (χ1v) is 10.2. The summed E-state index contributed by atoms with van der Waals surface area (Å²) in [4.78, 5) is 20.1. The SMILES string of the molecule is Cn1ccnc1C1(O)CC2CCC(C1)N2C(=O)c1ccccc1-c1ccccc1. The Bertz CT molecular complexity index is 1030. The molecule has 5 rings (SSSR count). The summed E-state index contributed by atoms with van der Waals surface area (Å²) >= 11 is 0. The van der Waals surface area contributed by atoms with Crippen molar-refractivity contribution in [2.45, 2.75) is 43.4 Å². The van der Waals surface area contributed by atoms with Gasteiger partial charge in [-0.2, -0.15) is 0 Å². The molecule has 0 saturated carbocycles. The highest BCUT2D eigenvalue weighted by Crippen LogP contribution is 2.46. The number of benzene rings is 2. The molecule has 1 aromatic heterocycles. The Balaban J connectivity index is 1.47. The van der Waals surface area contributed by atoms with Crippen molar-refractivity contribution in [1.82, 2.24) is 14.5 Å². The van der Waals surface area contributed by atoms with E-state index in [1.54, 1.807) is 6.20 Å². The average Bonchev–Trinajstić information content (AvgIpc) is 3.30. The number of carbonyl (C=O) groups excluding carboxylic acids is 1. The summed E-state index contributed by atoms with van der Waals surface area (Å²) in [5, 5.41) is 11.4. The van der Waals surface area contributed by atoms with E-state index in [0.29, 0.717) is 18.7 Å². The molecule has 2 bridgehead atoms.